The molecule has 2 nitrogen and oxygen atoms in total. The molecule has 2 aromatic carbocycles. The van der Waals surface area contributed by atoms with Crippen LogP contribution in [0.3, 0.4) is 0 Å². The van der Waals surface area contributed by atoms with E-state index in [0.717, 1.165) is 20.3 Å². The quantitative estimate of drug-likeness (QED) is 0.677. The Hall–Kier alpha value is -0.980. The van der Waals surface area contributed by atoms with Crippen LogP contribution in [-0.2, 0) is 0 Å². The molecule has 0 saturated heterocycles. The van der Waals surface area contributed by atoms with Gasteiger partial charge in [-0.25, -0.2) is 4.39 Å². The number of anilines is 2. The zero-order valence-corrected chi connectivity index (χ0v) is 13.6. The summed E-state index contributed by atoms with van der Waals surface area (Å²) >= 11 is 12.0. The van der Waals surface area contributed by atoms with E-state index >= 15 is 0 Å². The van der Waals surface area contributed by atoms with Crippen molar-refractivity contribution in [2.45, 2.75) is 0 Å². The summed E-state index contributed by atoms with van der Waals surface area (Å²) in [4.78, 5) is 0. The summed E-state index contributed by atoms with van der Waals surface area (Å²) in [5.74, 6) is -0.278. The van der Waals surface area contributed by atoms with Crippen LogP contribution in [0.2, 0.25) is 0 Å². The molecule has 6 heteroatoms. The fourth-order valence-corrected chi connectivity index (χ4v) is 2.78. The van der Waals surface area contributed by atoms with Gasteiger partial charge in [0.2, 0.25) is 0 Å². The van der Waals surface area contributed by atoms with Gasteiger partial charge in [0, 0.05) is 14.6 Å². The zero-order chi connectivity index (χ0) is 13.8. The van der Waals surface area contributed by atoms with Crippen molar-refractivity contribution in [3.05, 3.63) is 57.2 Å². The van der Waals surface area contributed by atoms with Crippen molar-refractivity contribution in [3.63, 3.8) is 0 Å². The van der Waals surface area contributed by atoms with E-state index in [1.165, 1.54) is 12.1 Å². The topological polar surface area (TPSA) is 24.1 Å². The van der Waals surface area contributed by atoms with E-state index < -0.39 is 0 Å². The molecule has 0 aliphatic rings. The van der Waals surface area contributed by atoms with Gasteiger partial charge in [-0.1, -0.05) is 15.9 Å². The lowest BCUT2D eigenvalue weighted by Gasteiger charge is -2.12. The number of hydrogen-bond acceptors (Lipinski definition) is 1. The van der Waals surface area contributed by atoms with E-state index in [9.17, 15) is 4.39 Å². The Labute approximate surface area is 132 Å². The first-order chi connectivity index (χ1) is 9.04. The normalized spacial score (nSPS) is 10.1. The fraction of sp³-hybridized carbons (Fsp3) is 0. The predicted molar refractivity (Wildman–Crippen MR) is 88.1 cm³/mol. The lowest BCUT2D eigenvalue weighted by molar-refractivity contribution is 0.628. The first-order valence-electron chi connectivity index (χ1n) is 5.33. The monoisotopic (exact) mass is 402 g/mol. The predicted octanol–water partition coefficient (Wildman–Crippen LogP) is 5.16. The Bertz CT molecular complexity index is 602. The van der Waals surface area contributed by atoms with Crippen LogP contribution in [0.1, 0.15) is 0 Å². The van der Waals surface area contributed by atoms with Gasteiger partial charge in [0.15, 0.2) is 5.11 Å². The number of rotatable bonds is 2. The Morgan fingerprint density at radius 1 is 1.00 bits per heavy atom. The molecule has 0 aliphatic heterocycles. The maximum absolute atomic E-state index is 12.8. The highest BCUT2D eigenvalue weighted by molar-refractivity contribution is 9.11. The number of halogens is 3. The van der Waals surface area contributed by atoms with Crippen molar-refractivity contribution in [1.29, 1.82) is 0 Å². The van der Waals surface area contributed by atoms with Gasteiger partial charge in [0.05, 0.1) is 5.69 Å². The number of thiocarbonyl (C=S) groups is 1. The maximum Gasteiger partial charge on any atom is 0.175 e. The molecule has 0 amide bonds. The maximum atomic E-state index is 12.8. The number of hydrogen-bond donors (Lipinski definition) is 2. The Morgan fingerprint density at radius 2 is 1.68 bits per heavy atom. The summed E-state index contributed by atoms with van der Waals surface area (Å²) < 4.78 is 14.6. The van der Waals surface area contributed by atoms with Gasteiger partial charge in [-0.3, -0.25) is 0 Å². The summed E-state index contributed by atoms with van der Waals surface area (Å²) in [5, 5.41) is 6.48. The molecule has 2 aromatic rings. The highest BCUT2D eigenvalue weighted by Crippen LogP contribution is 2.26. The molecule has 2 N–H and O–H groups in total. The largest absolute Gasteiger partial charge is 0.332 e. The van der Waals surface area contributed by atoms with Gasteiger partial charge in [0.1, 0.15) is 5.82 Å². The third-order valence-electron chi connectivity index (χ3n) is 2.28. The Balaban J connectivity index is 2.03. The van der Waals surface area contributed by atoms with Crippen molar-refractivity contribution in [2.75, 3.05) is 10.6 Å². The molecule has 0 aliphatic carbocycles. The van der Waals surface area contributed by atoms with Crippen LogP contribution in [0.15, 0.2) is 51.4 Å². The molecule has 0 atom stereocenters. The molecular formula is C13H9Br2FN2S. The minimum absolute atomic E-state index is 0.278. The third-order valence-corrected chi connectivity index (χ3v) is 3.63. The van der Waals surface area contributed by atoms with Crippen molar-refractivity contribution in [3.8, 4) is 0 Å². The second-order valence-electron chi connectivity index (χ2n) is 3.71. The molecule has 98 valence electrons. The highest BCUT2D eigenvalue weighted by Gasteiger charge is 2.03. The van der Waals surface area contributed by atoms with E-state index in [1.807, 2.05) is 18.2 Å². The second-order valence-corrected chi connectivity index (χ2v) is 5.89. The third kappa shape index (κ3) is 4.26. The van der Waals surface area contributed by atoms with Crippen LogP contribution in [0, 0.1) is 5.82 Å². The van der Waals surface area contributed by atoms with Crippen molar-refractivity contribution in [1.82, 2.24) is 0 Å². The van der Waals surface area contributed by atoms with Crippen LogP contribution in [0.5, 0.6) is 0 Å². The molecule has 0 saturated carbocycles. The smallest absolute Gasteiger partial charge is 0.175 e. The average Bonchev–Trinajstić information content (AvgIpc) is 2.36. The minimum atomic E-state index is -0.278. The van der Waals surface area contributed by atoms with Gasteiger partial charge in [-0.2, -0.15) is 0 Å². The first-order valence-corrected chi connectivity index (χ1v) is 7.32. The van der Waals surface area contributed by atoms with Gasteiger partial charge in [-0.05, 0) is 70.6 Å². The van der Waals surface area contributed by atoms with Crippen molar-refractivity contribution in [2.24, 2.45) is 0 Å². The lowest BCUT2D eigenvalue weighted by atomic mass is 10.3. The highest BCUT2D eigenvalue weighted by atomic mass is 79.9. The Morgan fingerprint density at radius 3 is 2.32 bits per heavy atom. The van der Waals surface area contributed by atoms with Crippen LogP contribution >= 0.6 is 44.1 Å². The molecule has 0 bridgehead atoms. The molecule has 0 aromatic heterocycles. The van der Waals surface area contributed by atoms with Crippen molar-refractivity contribution >= 4 is 60.6 Å². The Kier molecular flexibility index (Phi) is 4.90. The molecule has 0 radical (unpaired) electrons. The van der Waals surface area contributed by atoms with Gasteiger partial charge in [-0.15, -0.1) is 0 Å². The van der Waals surface area contributed by atoms with E-state index in [0.29, 0.717) is 5.11 Å². The molecule has 0 fully saturated rings. The summed E-state index contributed by atoms with van der Waals surface area (Å²) in [6.07, 6.45) is 0. The fourth-order valence-electron chi connectivity index (χ4n) is 1.41. The second kappa shape index (κ2) is 6.45. The number of benzene rings is 2. The van der Waals surface area contributed by atoms with Crippen LogP contribution in [0.25, 0.3) is 0 Å². The van der Waals surface area contributed by atoms with Crippen LogP contribution < -0.4 is 10.6 Å². The van der Waals surface area contributed by atoms with E-state index in [1.54, 1.807) is 12.1 Å². The van der Waals surface area contributed by atoms with E-state index in [-0.39, 0.29) is 5.82 Å². The average molecular weight is 404 g/mol. The molecule has 0 spiro atoms. The first kappa shape index (κ1) is 14.4. The zero-order valence-electron chi connectivity index (χ0n) is 9.58. The molecular weight excluding hydrogens is 395 g/mol. The van der Waals surface area contributed by atoms with Crippen LogP contribution in [-0.4, -0.2) is 5.11 Å². The lowest BCUT2D eigenvalue weighted by Crippen LogP contribution is -2.19. The summed E-state index contributed by atoms with van der Waals surface area (Å²) in [7, 11) is 0. The summed E-state index contributed by atoms with van der Waals surface area (Å²) in [6.45, 7) is 0. The van der Waals surface area contributed by atoms with E-state index in [2.05, 4.69) is 42.5 Å². The number of nitrogens with one attached hydrogen (secondary N) is 2. The standard InChI is InChI=1S/C13H9Br2FN2S/c14-8-1-6-12(11(15)7-8)18-13(19)17-10-4-2-9(16)3-5-10/h1-7H,(H2,17,18,19). The van der Waals surface area contributed by atoms with Crippen molar-refractivity contribution < 1.29 is 4.39 Å². The van der Waals surface area contributed by atoms with Gasteiger partial charge < -0.3 is 10.6 Å². The SMILES string of the molecule is Fc1ccc(NC(=S)Nc2ccc(Br)cc2Br)cc1. The molecule has 0 unspecified atom stereocenters. The van der Waals surface area contributed by atoms with Crippen LogP contribution in [0.4, 0.5) is 15.8 Å². The van der Waals surface area contributed by atoms with Gasteiger partial charge >= 0.3 is 0 Å². The summed E-state index contributed by atoms with van der Waals surface area (Å²) in [6, 6.07) is 11.7. The summed E-state index contributed by atoms with van der Waals surface area (Å²) in [5.41, 5.74) is 1.58. The molecule has 2 rings (SSSR count). The molecule has 0 heterocycles. The van der Waals surface area contributed by atoms with E-state index in [4.69, 9.17) is 12.2 Å². The van der Waals surface area contributed by atoms with Gasteiger partial charge in [0.25, 0.3) is 0 Å². The minimum Gasteiger partial charge on any atom is -0.332 e. The molecule has 19 heavy (non-hydrogen) atoms.